The van der Waals surface area contributed by atoms with Gasteiger partial charge in [0.05, 0.1) is 23.2 Å². The quantitative estimate of drug-likeness (QED) is 0.318. The van der Waals surface area contributed by atoms with Gasteiger partial charge in [0.15, 0.2) is 0 Å². The van der Waals surface area contributed by atoms with Crippen molar-refractivity contribution in [3.05, 3.63) is 100 Å². The van der Waals surface area contributed by atoms with Crippen molar-refractivity contribution in [2.24, 2.45) is 0 Å². The lowest BCUT2D eigenvalue weighted by atomic mass is 9.94. The van der Waals surface area contributed by atoms with E-state index in [0.29, 0.717) is 17.9 Å². The molecule has 6 nitrogen and oxygen atoms in total. The minimum atomic E-state index is -1.15. The van der Waals surface area contributed by atoms with Gasteiger partial charge < -0.3 is 14.7 Å². The van der Waals surface area contributed by atoms with Gasteiger partial charge in [-0.15, -0.1) is 0 Å². The number of halogens is 2. The predicted molar refractivity (Wildman–Crippen MR) is 121 cm³/mol. The fourth-order valence-electron chi connectivity index (χ4n) is 3.84. The molecule has 1 aliphatic rings. The number of amides is 1. The number of aromatic nitrogens is 1. The molecule has 1 aliphatic heterocycles. The molecule has 1 atom stereocenters. The van der Waals surface area contributed by atoms with Gasteiger partial charge in [0, 0.05) is 30.1 Å². The smallest absolute Gasteiger partial charge is 0.295 e. The second-order valence-corrected chi connectivity index (χ2v) is 7.79. The highest BCUT2D eigenvalue weighted by molar-refractivity contribution is 6.47. The Morgan fingerprint density at radius 2 is 1.88 bits per heavy atom. The Kier molecular flexibility index (Phi) is 6.42. The molecule has 0 aliphatic carbocycles. The second kappa shape index (κ2) is 9.42. The average molecular weight is 467 g/mol. The number of ether oxygens (including phenoxy) is 1. The summed E-state index contributed by atoms with van der Waals surface area (Å²) in [6.45, 7) is 2.21. The zero-order chi connectivity index (χ0) is 23.5. The second-order valence-electron chi connectivity index (χ2n) is 7.38. The number of nitrogens with zero attached hydrogens (tertiary/aromatic N) is 2. The first-order chi connectivity index (χ1) is 15.9. The molecule has 1 unspecified atom stereocenters. The lowest BCUT2D eigenvalue weighted by molar-refractivity contribution is -0.140. The summed E-state index contributed by atoms with van der Waals surface area (Å²) in [5.74, 6) is -2.45. The summed E-state index contributed by atoms with van der Waals surface area (Å²) in [5.41, 5.74) is 0.662. The van der Waals surface area contributed by atoms with Gasteiger partial charge in [0.2, 0.25) is 0 Å². The van der Waals surface area contributed by atoms with Crippen LogP contribution in [-0.4, -0.2) is 33.3 Å². The highest BCUT2D eigenvalue weighted by Crippen LogP contribution is 2.42. The lowest BCUT2D eigenvalue weighted by Gasteiger charge is -2.25. The third-order valence-electron chi connectivity index (χ3n) is 5.35. The van der Waals surface area contributed by atoms with E-state index >= 15 is 0 Å². The van der Waals surface area contributed by atoms with Crippen molar-refractivity contribution >= 4 is 29.1 Å². The van der Waals surface area contributed by atoms with Gasteiger partial charge in [-0.3, -0.25) is 14.6 Å². The van der Waals surface area contributed by atoms with Gasteiger partial charge in [-0.2, -0.15) is 0 Å². The number of hydrogen-bond acceptors (Lipinski definition) is 5. The van der Waals surface area contributed by atoms with Crippen LogP contribution in [0.2, 0.25) is 5.02 Å². The van der Waals surface area contributed by atoms with Gasteiger partial charge >= 0.3 is 0 Å². The monoisotopic (exact) mass is 466 g/mol. The van der Waals surface area contributed by atoms with Gasteiger partial charge in [-0.25, -0.2) is 4.39 Å². The maximum absolute atomic E-state index is 14.9. The standard InChI is InChI=1S/C25H20ClFN2O4/c1-2-33-16-7-8-19(26)18(13-16)23(30)21-22(17-5-3-4-6-20(17)27)29(25(32)24(21)31)14-15-9-11-28-12-10-15/h3-13,22,30H,2,14H2,1H3/b23-21+. The van der Waals surface area contributed by atoms with Crippen LogP contribution in [0.3, 0.4) is 0 Å². The number of aliphatic hydroxyl groups is 1. The molecular weight excluding hydrogens is 447 g/mol. The molecule has 8 heteroatoms. The molecule has 1 fully saturated rings. The molecule has 1 N–H and O–H groups in total. The number of ketones is 1. The highest BCUT2D eigenvalue weighted by atomic mass is 35.5. The van der Waals surface area contributed by atoms with Crippen molar-refractivity contribution in [3.63, 3.8) is 0 Å². The number of hydrogen-bond donors (Lipinski definition) is 1. The van der Waals surface area contributed by atoms with E-state index in [1.807, 2.05) is 0 Å². The van der Waals surface area contributed by atoms with Crippen molar-refractivity contribution in [1.82, 2.24) is 9.88 Å². The number of aliphatic hydroxyl groups excluding tert-OH is 1. The molecule has 4 rings (SSSR count). The summed E-state index contributed by atoms with van der Waals surface area (Å²) < 4.78 is 20.4. The first kappa shape index (κ1) is 22.5. The van der Waals surface area contributed by atoms with Crippen LogP contribution in [0.25, 0.3) is 5.76 Å². The van der Waals surface area contributed by atoms with Crippen LogP contribution >= 0.6 is 11.6 Å². The van der Waals surface area contributed by atoms with Crippen molar-refractivity contribution in [1.29, 1.82) is 0 Å². The van der Waals surface area contributed by atoms with Gasteiger partial charge in [0.1, 0.15) is 17.3 Å². The van der Waals surface area contributed by atoms with E-state index < -0.39 is 29.3 Å². The first-order valence-corrected chi connectivity index (χ1v) is 10.6. The molecule has 1 saturated heterocycles. The molecular formula is C25H20ClFN2O4. The third-order valence-corrected chi connectivity index (χ3v) is 5.68. The lowest BCUT2D eigenvalue weighted by Crippen LogP contribution is -2.29. The van der Waals surface area contributed by atoms with E-state index in [1.54, 1.807) is 43.6 Å². The Morgan fingerprint density at radius 3 is 2.58 bits per heavy atom. The summed E-state index contributed by atoms with van der Waals surface area (Å²) in [4.78, 5) is 31.4. The SMILES string of the molecule is CCOc1ccc(Cl)c(/C(O)=C2\C(=O)C(=O)N(Cc3ccncc3)C2c2ccccc2F)c1. The van der Waals surface area contributed by atoms with Gasteiger partial charge in [-0.05, 0) is 48.9 Å². The molecule has 0 bridgehead atoms. The maximum Gasteiger partial charge on any atom is 0.295 e. The molecule has 0 radical (unpaired) electrons. The Balaban J connectivity index is 1.90. The van der Waals surface area contributed by atoms with Crippen molar-refractivity contribution in [3.8, 4) is 5.75 Å². The summed E-state index contributed by atoms with van der Waals surface area (Å²) in [7, 11) is 0. The van der Waals surface area contributed by atoms with Crippen LogP contribution in [-0.2, 0) is 16.1 Å². The van der Waals surface area contributed by atoms with Crippen molar-refractivity contribution in [2.75, 3.05) is 6.61 Å². The van der Waals surface area contributed by atoms with Crippen LogP contribution < -0.4 is 4.74 Å². The van der Waals surface area contributed by atoms with Crippen LogP contribution in [0.15, 0.2) is 72.6 Å². The van der Waals surface area contributed by atoms with Crippen LogP contribution in [0.4, 0.5) is 4.39 Å². The summed E-state index contributed by atoms with van der Waals surface area (Å²) in [5, 5.41) is 11.4. The highest BCUT2D eigenvalue weighted by Gasteiger charge is 2.47. The Hall–Kier alpha value is -3.71. The van der Waals surface area contributed by atoms with Crippen LogP contribution in [0, 0.1) is 5.82 Å². The Bertz CT molecular complexity index is 1250. The van der Waals surface area contributed by atoms with E-state index in [1.165, 1.54) is 35.2 Å². The molecule has 3 aromatic rings. The molecule has 33 heavy (non-hydrogen) atoms. The summed E-state index contributed by atoms with van der Waals surface area (Å²) in [6, 6.07) is 12.7. The molecule has 0 spiro atoms. The number of carbonyl (C=O) groups excluding carboxylic acids is 2. The normalized spacial score (nSPS) is 17.4. The Morgan fingerprint density at radius 1 is 1.15 bits per heavy atom. The minimum absolute atomic E-state index is 0.0234. The van der Waals surface area contributed by atoms with E-state index in [9.17, 15) is 19.1 Å². The number of Topliss-reactive ketones (excluding diaryl/α,β-unsaturated/α-hetero) is 1. The fraction of sp³-hybridized carbons (Fsp3) is 0.160. The van der Waals surface area contributed by atoms with Crippen LogP contribution in [0.1, 0.15) is 29.7 Å². The number of benzene rings is 2. The minimum Gasteiger partial charge on any atom is -0.507 e. The molecule has 2 aromatic carbocycles. The first-order valence-electron chi connectivity index (χ1n) is 10.3. The van der Waals surface area contributed by atoms with Crippen molar-refractivity contribution in [2.45, 2.75) is 19.5 Å². The number of likely N-dealkylation sites (tertiary alicyclic amines) is 1. The third kappa shape index (κ3) is 4.32. The summed E-state index contributed by atoms with van der Waals surface area (Å²) in [6.07, 6.45) is 3.12. The zero-order valence-corrected chi connectivity index (χ0v) is 18.4. The van der Waals surface area contributed by atoms with Gasteiger partial charge in [-0.1, -0.05) is 29.8 Å². The molecule has 1 aromatic heterocycles. The van der Waals surface area contributed by atoms with Gasteiger partial charge in [0.25, 0.3) is 11.7 Å². The molecule has 0 saturated carbocycles. The molecule has 2 heterocycles. The van der Waals surface area contributed by atoms with Crippen molar-refractivity contribution < 1.29 is 23.8 Å². The fourth-order valence-corrected chi connectivity index (χ4v) is 4.04. The number of rotatable bonds is 6. The topological polar surface area (TPSA) is 79.7 Å². The molecule has 168 valence electrons. The maximum atomic E-state index is 14.9. The van der Waals surface area contributed by atoms with E-state index in [0.717, 1.165) is 0 Å². The number of carbonyl (C=O) groups is 2. The average Bonchev–Trinajstić information content (AvgIpc) is 3.06. The van der Waals surface area contributed by atoms with Crippen LogP contribution in [0.5, 0.6) is 5.75 Å². The van der Waals surface area contributed by atoms with E-state index in [2.05, 4.69) is 4.98 Å². The summed E-state index contributed by atoms with van der Waals surface area (Å²) >= 11 is 6.30. The number of pyridine rings is 1. The van der Waals surface area contributed by atoms with E-state index in [4.69, 9.17) is 16.3 Å². The molecule has 1 amide bonds. The Labute approximate surface area is 194 Å². The van der Waals surface area contributed by atoms with E-state index in [-0.39, 0.29) is 28.3 Å². The zero-order valence-electron chi connectivity index (χ0n) is 17.7. The predicted octanol–water partition coefficient (Wildman–Crippen LogP) is 4.89. The largest absolute Gasteiger partial charge is 0.507 e.